The van der Waals surface area contributed by atoms with E-state index in [4.69, 9.17) is 4.42 Å². The molecule has 5 nitrogen and oxygen atoms in total. The fourth-order valence-electron chi connectivity index (χ4n) is 3.31. The van der Waals surface area contributed by atoms with Gasteiger partial charge in [-0.15, -0.1) is 0 Å². The first-order valence-corrected chi connectivity index (χ1v) is 8.69. The van der Waals surface area contributed by atoms with Gasteiger partial charge in [-0.3, -0.25) is 4.79 Å². The van der Waals surface area contributed by atoms with Crippen molar-refractivity contribution >= 4 is 5.91 Å². The molecule has 0 saturated carbocycles. The molecular weight excluding hydrogens is 302 g/mol. The quantitative estimate of drug-likeness (QED) is 0.886. The van der Waals surface area contributed by atoms with E-state index in [1.54, 1.807) is 6.92 Å². The summed E-state index contributed by atoms with van der Waals surface area (Å²) in [7, 11) is 0. The number of likely N-dealkylation sites (tertiary alicyclic amines) is 1. The highest BCUT2D eigenvalue weighted by Gasteiger charge is 2.23. The first kappa shape index (κ1) is 16.7. The third-order valence-electron chi connectivity index (χ3n) is 4.58. The fourth-order valence-corrected chi connectivity index (χ4v) is 3.31. The highest BCUT2D eigenvalue weighted by molar-refractivity contribution is 5.93. The van der Waals surface area contributed by atoms with Crippen LogP contribution in [0, 0.1) is 6.92 Å². The maximum atomic E-state index is 12.2. The van der Waals surface area contributed by atoms with Crippen LogP contribution in [0.25, 0.3) is 0 Å². The van der Waals surface area contributed by atoms with E-state index >= 15 is 0 Å². The number of hydrogen-bond acceptors (Lipinski definition) is 4. The lowest BCUT2D eigenvalue weighted by Crippen LogP contribution is -2.48. The van der Waals surface area contributed by atoms with Gasteiger partial charge in [-0.05, 0) is 51.3 Å². The third kappa shape index (κ3) is 4.45. The molecule has 1 aromatic heterocycles. The Morgan fingerprint density at radius 3 is 2.96 bits per heavy atom. The molecule has 2 heterocycles. The second-order valence-corrected chi connectivity index (χ2v) is 6.46. The molecule has 24 heavy (non-hydrogen) atoms. The Bertz CT molecular complexity index is 654. The van der Waals surface area contributed by atoms with Gasteiger partial charge >= 0.3 is 0 Å². The van der Waals surface area contributed by atoms with E-state index in [2.05, 4.69) is 45.5 Å². The first-order chi connectivity index (χ1) is 11.7. The molecule has 0 radical (unpaired) electrons. The van der Waals surface area contributed by atoms with E-state index in [0.29, 0.717) is 11.5 Å². The average Bonchev–Trinajstić information content (AvgIpc) is 3.02. The number of piperidine rings is 1. The van der Waals surface area contributed by atoms with Crippen LogP contribution in [0.4, 0.5) is 0 Å². The van der Waals surface area contributed by atoms with Crippen LogP contribution in [0.3, 0.4) is 0 Å². The van der Waals surface area contributed by atoms with E-state index < -0.39 is 0 Å². The molecule has 3 rings (SSSR count). The van der Waals surface area contributed by atoms with Crippen molar-refractivity contribution in [2.24, 2.45) is 0 Å². The molecule has 1 fully saturated rings. The summed E-state index contributed by atoms with van der Waals surface area (Å²) in [5.74, 6) is 0.445. The molecule has 1 aromatic carbocycles. The van der Waals surface area contributed by atoms with Crippen molar-refractivity contribution in [1.82, 2.24) is 15.2 Å². The summed E-state index contributed by atoms with van der Waals surface area (Å²) < 4.78 is 5.11. The zero-order valence-electron chi connectivity index (χ0n) is 14.2. The maximum Gasteiger partial charge on any atom is 0.273 e. The van der Waals surface area contributed by atoms with Gasteiger partial charge in [0.15, 0.2) is 12.1 Å². The number of nitrogens with zero attached hydrogens (tertiary/aromatic N) is 2. The fraction of sp³-hybridized carbons (Fsp3) is 0.474. The van der Waals surface area contributed by atoms with Crippen molar-refractivity contribution in [2.45, 2.75) is 38.6 Å². The van der Waals surface area contributed by atoms with Gasteiger partial charge < -0.3 is 14.6 Å². The number of rotatable bonds is 6. The number of aromatic nitrogens is 1. The van der Waals surface area contributed by atoms with Crippen molar-refractivity contribution in [3.8, 4) is 0 Å². The first-order valence-electron chi connectivity index (χ1n) is 8.69. The monoisotopic (exact) mass is 327 g/mol. The van der Waals surface area contributed by atoms with Crippen LogP contribution in [0.1, 0.15) is 41.1 Å². The summed E-state index contributed by atoms with van der Waals surface area (Å²) in [5, 5.41) is 3.10. The lowest BCUT2D eigenvalue weighted by atomic mass is 10.0. The van der Waals surface area contributed by atoms with Gasteiger partial charge in [-0.1, -0.05) is 30.3 Å². The zero-order chi connectivity index (χ0) is 16.8. The summed E-state index contributed by atoms with van der Waals surface area (Å²) >= 11 is 0. The smallest absolute Gasteiger partial charge is 0.273 e. The molecule has 0 aliphatic carbocycles. The van der Waals surface area contributed by atoms with Crippen LogP contribution in [0.5, 0.6) is 0 Å². The van der Waals surface area contributed by atoms with Gasteiger partial charge in [0.2, 0.25) is 0 Å². The molecule has 2 aromatic rings. The van der Waals surface area contributed by atoms with Gasteiger partial charge in [0, 0.05) is 12.6 Å². The largest absolute Gasteiger partial charge is 0.448 e. The highest BCUT2D eigenvalue weighted by atomic mass is 16.3. The molecule has 0 unspecified atom stereocenters. The van der Waals surface area contributed by atoms with Crippen LogP contribution in [0.2, 0.25) is 0 Å². The Kier molecular flexibility index (Phi) is 5.64. The van der Waals surface area contributed by atoms with Crippen LogP contribution in [-0.2, 0) is 6.42 Å². The highest BCUT2D eigenvalue weighted by Crippen LogP contribution is 2.13. The summed E-state index contributed by atoms with van der Waals surface area (Å²) in [6.45, 7) is 4.87. The number of benzene rings is 1. The maximum absolute atomic E-state index is 12.2. The second-order valence-electron chi connectivity index (χ2n) is 6.46. The van der Waals surface area contributed by atoms with Gasteiger partial charge in [0.1, 0.15) is 5.76 Å². The van der Waals surface area contributed by atoms with Crippen molar-refractivity contribution < 1.29 is 9.21 Å². The molecule has 0 bridgehead atoms. The number of oxazole rings is 1. The topological polar surface area (TPSA) is 58.4 Å². The summed E-state index contributed by atoms with van der Waals surface area (Å²) in [5.41, 5.74) is 1.79. The number of aryl methyl sites for hydroxylation is 2. The molecule has 1 amide bonds. The van der Waals surface area contributed by atoms with E-state index in [-0.39, 0.29) is 11.9 Å². The van der Waals surface area contributed by atoms with Crippen LogP contribution in [0.15, 0.2) is 41.1 Å². The molecule has 0 spiro atoms. The third-order valence-corrected chi connectivity index (χ3v) is 4.58. The zero-order valence-corrected chi connectivity index (χ0v) is 14.2. The predicted molar refractivity (Wildman–Crippen MR) is 92.9 cm³/mol. The number of nitrogens with one attached hydrogen (secondary N) is 1. The van der Waals surface area contributed by atoms with Gasteiger partial charge in [0.25, 0.3) is 5.91 Å². The minimum Gasteiger partial charge on any atom is -0.448 e. The SMILES string of the molecule is Cc1ocnc1C(=O)N[C@@H]1CCCN(CCCc2ccccc2)C1. The molecule has 1 atom stereocenters. The van der Waals surface area contributed by atoms with Crippen molar-refractivity contribution in [2.75, 3.05) is 19.6 Å². The minimum atomic E-state index is -0.127. The van der Waals surface area contributed by atoms with Crippen molar-refractivity contribution in [3.63, 3.8) is 0 Å². The normalized spacial score (nSPS) is 18.5. The van der Waals surface area contributed by atoms with Crippen LogP contribution in [-0.4, -0.2) is 41.5 Å². The predicted octanol–water partition coefficient (Wildman–Crippen LogP) is 2.81. The number of carbonyl (C=O) groups excluding carboxylic acids is 1. The Labute approximate surface area is 143 Å². The molecule has 1 N–H and O–H groups in total. The van der Waals surface area contributed by atoms with Crippen molar-refractivity contribution in [3.05, 3.63) is 53.7 Å². The number of amides is 1. The average molecular weight is 327 g/mol. The molecule has 1 aliphatic rings. The van der Waals surface area contributed by atoms with Gasteiger partial charge in [0.05, 0.1) is 0 Å². The Morgan fingerprint density at radius 2 is 2.21 bits per heavy atom. The molecular formula is C19H25N3O2. The van der Waals surface area contributed by atoms with Crippen molar-refractivity contribution in [1.29, 1.82) is 0 Å². The summed E-state index contributed by atoms with van der Waals surface area (Å²) in [6.07, 6.45) is 5.71. The number of carbonyl (C=O) groups is 1. The Morgan fingerprint density at radius 1 is 1.38 bits per heavy atom. The number of hydrogen-bond donors (Lipinski definition) is 1. The lowest BCUT2D eigenvalue weighted by Gasteiger charge is -2.33. The summed E-state index contributed by atoms with van der Waals surface area (Å²) in [4.78, 5) is 18.7. The lowest BCUT2D eigenvalue weighted by molar-refractivity contribution is 0.0897. The van der Waals surface area contributed by atoms with Crippen LogP contribution >= 0.6 is 0 Å². The van der Waals surface area contributed by atoms with E-state index in [0.717, 1.165) is 45.3 Å². The molecule has 128 valence electrons. The molecule has 5 heteroatoms. The van der Waals surface area contributed by atoms with Gasteiger partial charge in [-0.2, -0.15) is 0 Å². The van der Waals surface area contributed by atoms with Gasteiger partial charge in [-0.25, -0.2) is 4.98 Å². The van der Waals surface area contributed by atoms with E-state index in [9.17, 15) is 4.79 Å². The summed E-state index contributed by atoms with van der Waals surface area (Å²) in [6, 6.07) is 10.8. The van der Waals surface area contributed by atoms with Crippen LogP contribution < -0.4 is 5.32 Å². The second kappa shape index (κ2) is 8.11. The standard InChI is InChI=1S/C19H25N3O2/c1-15-18(20-14-24-15)19(23)21-17-10-6-12-22(13-17)11-5-9-16-7-3-2-4-8-16/h2-4,7-8,14,17H,5-6,9-13H2,1H3,(H,21,23)/t17-/m1/s1. The van der Waals surface area contributed by atoms with E-state index in [1.165, 1.54) is 12.0 Å². The Balaban J connectivity index is 1.44. The molecule has 1 aliphatic heterocycles. The minimum absolute atomic E-state index is 0.127. The Hall–Kier alpha value is -2.14. The van der Waals surface area contributed by atoms with E-state index in [1.807, 2.05) is 0 Å². The molecule has 1 saturated heterocycles.